The van der Waals surface area contributed by atoms with Crippen molar-refractivity contribution in [2.75, 3.05) is 6.54 Å². The van der Waals surface area contributed by atoms with Crippen molar-refractivity contribution in [3.05, 3.63) is 33.8 Å². The van der Waals surface area contributed by atoms with Gasteiger partial charge in [0.15, 0.2) is 0 Å². The van der Waals surface area contributed by atoms with E-state index in [4.69, 9.17) is 0 Å². The lowest BCUT2D eigenvalue weighted by Crippen LogP contribution is -2.44. The number of amides is 1. The van der Waals surface area contributed by atoms with Gasteiger partial charge < -0.3 is 10.0 Å². The highest BCUT2D eigenvalue weighted by Gasteiger charge is 2.31. The van der Waals surface area contributed by atoms with Gasteiger partial charge in [0.1, 0.15) is 6.04 Å². The maximum atomic E-state index is 12.6. The predicted octanol–water partition coefficient (Wildman–Crippen LogP) is 3.23. The maximum absolute atomic E-state index is 12.6. The first kappa shape index (κ1) is 15.0. The summed E-state index contributed by atoms with van der Waals surface area (Å²) in [7, 11) is 0. The number of carbonyl (C=O) groups excluding carboxylic acids is 1. The molecule has 0 radical (unpaired) electrons. The number of rotatable bonds is 2. The SMILES string of the molecule is Cc1cc(Br)cc(C(=O)N2CCCCCC2C(=O)O)c1. The molecular formula is C15H18BrNO3. The second-order valence-electron chi connectivity index (χ2n) is 5.22. The molecule has 1 amide bonds. The fraction of sp³-hybridized carbons (Fsp3) is 0.467. The van der Waals surface area contributed by atoms with Crippen LogP contribution in [0.15, 0.2) is 22.7 Å². The fourth-order valence-electron chi connectivity index (χ4n) is 2.63. The van der Waals surface area contributed by atoms with Gasteiger partial charge in [-0.3, -0.25) is 4.79 Å². The zero-order chi connectivity index (χ0) is 14.7. The summed E-state index contributed by atoms with van der Waals surface area (Å²) in [6, 6.07) is 4.77. The highest BCUT2D eigenvalue weighted by molar-refractivity contribution is 9.10. The summed E-state index contributed by atoms with van der Waals surface area (Å²) in [6.45, 7) is 2.43. The van der Waals surface area contributed by atoms with E-state index in [1.54, 1.807) is 12.1 Å². The van der Waals surface area contributed by atoms with Crippen LogP contribution in [-0.4, -0.2) is 34.5 Å². The lowest BCUT2D eigenvalue weighted by Gasteiger charge is -2.27. The van der Waals surface area contributed by atoms with Gasteiger partial charge in [0.25, 0.3) is 5.91 Å². The molecule has 2 rings (SSSR count). The summed E-state index contributed by atoms with van der Waals surface area (Å²) in [5.41, 5.74) is 1.52. The topological polar surface area (TPSA) is 57.6 Å². The lowest BCUT2D eigenvalue weighted by molar-refractivity contribution is -0.142. The molecule has 108 valence electrons. The Morgan fingerprint density at radius 3 is 2.65 bits per heavy atom. The number of carboxylic acid groups (broad SMARTS) is 1. The molecular weight excluding hydrogens is 322 g/mol. The third-order valence-electron chi connectivity index (χ3n) is 3.59. The van der Waals surface area contributed by atoms with E-state index in [1.807, 2.05) is 13.0 Å². The van der Waals surface area contributed by atoms with E-state index in [9.17, 15) is 14.7 Å². The number of halogens is 1. The molecule has 1 aromatic carbocycles. The van der Waals surface area contributed by atoms with E-state index in [-0.39, 0.29) is 5.91 Å². The van der Waals surface area contributed by atoms with Crippen molar-refractivity contribution in [3.63, 3.8) is 0 Å². The Balaban J connectivity index is 2.30. The van der Waals surface area contributed by atoms with Crippen LogP contribution in [0.4, 0.5) is 0 Å². The molecule has 1 aromatic rings. The molecule has 1 fully saturated rings. The summed E-state index contributed by atoms with van der Waals surface area (Å²) < 4.78 is 0.836. The van der Waals surface area contributed by atoms with Crippen LogP contribution in [0.5, 0.6) is 0 Å². The fourth-order valence-corrected chi connectivity index (χ4v) is 3.24. The van der Waals surface area contributed by atoms with Crippen LogP contribution in [-0.2, 0) is 4.79 Å². The van der Waals surface area contributed by atoms with Crippen molar-refractivity contribution in [3.8, 4) is 0 Å². The average Bonchev–Trinajstić information content (AvgIpc) is 2.62. The summed E-state index contributed by atoms with van der Waals surface area (Å²) in [5.74, 6) is -1.10. The first-order valence-electron chi connectivity index (χ1n) is 6.80. The molecule has 1 unspecified atom stereocenters. The third kappa shape index (κ3) is 3.39. The molecule has 0 spiro atoms. The number of nitrogens with zero attached hydrogens (tertiary/aromatic N) is 1. The molecule has 1 heterocycles. The second-order valence-corrected chi connectivity index (χ2v) is 6.13. The van der Waals surface area contributed by atoms with E-state index in [2.05, 4.69) is 15.9 Å². The number of aryl methyl sites for hydroxylation is 1. The van der Waals surface area contributed by atoms with Crippen LogP contribution >= 0.6 is 15.9 Å². The highest BCUT2D eigenvalue weighted by atomic mass is 79.9. The number of carbonyl (C=O) groups is 2. The normalized spacial score (nSPS) is 19.5. The van der Waals surface area contributed by atoms with E-state index in [0.29, 0.717) is 18.5 Å². The minimum atomic E-state index is -0.910. The quantitative estimate of drug-likeness (QED) is 0.899. The number of hydrogen-bond donors (Lipinski definition) is 1. The molecule has 1 saturated heterocycles. The molecule has 4 nitrogen and oxygen atoms in total. The molecule has 0 bridgehead atoms. The summed E-state index contributed by atoms with van der Waals surface area (Å²) in [4.78, 5) is 25.5. The van der Waals surface area contributed by atoms with Crippen LogP contribution < -0.4 is 0 Å². The lowest BCUT2D eigenvalue weighted by atomic mass is 10.1. The zero-order valence-corrected chi connectivity index (χ0v) is 13.0. The van der Waals surface area contributed by atoms with Gasteiger partial charge in [0.2, 0.25) is 0 Å². The Labute approximate surface area is 126 Å². The van der Waals surface area contributed by atoms with Gasteiger partial charge in [-0.2, -0.15) is 0 Å². The molecule has 20 heavy (non-hydrogen) atoms. The van der Waals surface area contributed by atoms with E-state index in [1.165, 1.54) is 4.90 Å². The van der Waals surface area contributed by atoms with E-state index < -0.39 is 12.0 Å². The van der Waals surface area contributed by atoms with Gasteiger partial charge in [0.05, 0.1) is 0 Å². The van der Waals surface area contributed by atoms with Gasteiger partial charge >= 0.3 is 5.97 Å². The molecule has 0 saturated carbocycles. The van der Waals surface area contributed by atoms with Gasteiger partial charge in [0, 0.05) is 16.6 Å². The number of hydrogen-bond acceptors (Lipinski definition) is 2. The van der Waals surface area contributed by atoms with Gasteiger partial charge in [-0.05, 0) is 43.5 Å². The third-order valence-corrected chi connectivity index (χ3v) is 4.05. The summed E-state index contributed by atoms with van der Waals surface area (Å²) in [6.07, 6.45) is 3.24. The molecule has 0 aliphatic carbocycles. The van der Waals surface area contributed by atoms with E-state index >= 15 is 0 Å². The van der Waals surface area contributed by atoms with Crippen LogP contribution in [0.3, 0.4) is 0 Å². The monoisotopic (exact) mass is 339 g/mol. The second kappa shape index (κ2) is 6.39. The van der Waals surface area contributed by atoms with Crippen molar-refractivity contribution in [2.24, 2.45) is 0 Å². The standard InChI is InChI=1S/C15H18BrNO3/c1-10-7-11(9-12(16)8-10)14(18)17-6-4-2-3-5-13(17)15(19)20/h7-9,13H,2-6H2,1H3,(H,19,20). The van der Waals surface area contributed by atoms with Crippen LogP contribution in [0.25, 0.3) is 0 Å². The number of carboxylic acids is 1. The van der Waals surface area contributed by atoms with Crippen molar-refractivity contribution >= 4 is 27.8 Å². The van der Waals surface area contributed by atoms with E-state index in [0.717, 1.165) is 29.3 Å². The maximum Gasteiger partial charge on any atom is 0.326 e. The van der Waals surface area contributed by atoms with Crippen LogP contribution in [0, 0.1) is 6.92 Å². The average molecular weight is 340 g/mol. The van der Waals surface area contributed by atoms with Crippen molar-refractivity contribution < 1.29 is 14.7 Å². The van der Waals surface area contributed by atoms with Crippen molar-refractivity contribution in [2.45, 2.75) is 38.6 Å². The molecule has 1 aliphatic heterocycles. The minimum Gasteiger partial charge on any atom is -0.480 e. The highest BCUT2D eigenvalue weighted by Crippen LogP contribution is 2.22. The first-order valence-corrected chi connectivity index (χ1v) is 7.59. The number of likely N-dealkylation sites (tertiary alicyclic amines) is 1. The zero-order valence-electron chi connectivity index (χ0n) is 11.4. The Kier molecular flexibility index (Phi) is 4.81. The molecule has 1 N–H and O–H groups in total. The van der Waals surface area contributed by atoms with Crippen LogP contribution in [0.1, 0.15) is 41.6 Å². The minimum absolute atomic E-state index is 0.191. The van der Waals surface area contributed by atoms with Crippen LogP contribution in [0.2, 0.25) is 0 Å². The van der Waals surface area contributed by atoms with Gasteiger partial charge in [-0.25, -0.2) is 4.79 Å². The van der Waals surface area contributed by atoms with Gasteiger partial charge in [-0.15, -0.1) is 0 Å². The van der Waals surface area contributed by atoms with Crippen molar-refractivity contribution in [1.29, 1.82) is 0 Å². The van der Waals surface area contributed by atoms with Crippen molar-refractivity contribution in [1.82, 2.24) is 4.90 Å². The first-order chi connectivity index (χ1) is 9.49. The smallest absolute Gasteiger partial charge is 0.326 e. The predicted molar refractivity (Wildman–Crippen MR) is 79.8 cm³/mol. The Morgan fingerprint density at radius 2 is 2.00 bits per heavy atom. The molecule has 5 heteroatoms. The molecule has 1 atom stereocenters. The Hall–Kier alpha value is -1.36. The number of aliphatic carboxylic acids is 1. The summed E-state index contributed by atoms with van der Waals surface area (Å²) in [5, 5.41) is 9.34. The Bertz CT molecular complexity index is 510. The summed E-state index contributed by atoms with van der Waals surface area (Å²) >= 11 is 3.38. The molecule has 1 aliphatic rings. The van der Waals surface area contributed by atoms with Gasteiger partial charge in [-0.1, -0.05) is 28.8 Å². The largest absolute Gasteiger partial charge is 0.480 e. The Morgan fingerprint density at radius 1 is 1.25 bits per heavy atom. The molecule has 0 aromatic heterocycles. The number of benzene rings is 1.